The van der Waals surface area contributed by atoms with Crippen LogP contribution in [0.4, 0.5) is 5.69 Å². The number of rotatable bonds is 5. The number of carbonyl (C=O) groups is 1. The van der Waals surface area contributed by atoms with Crippen LogP contribution in [0.25, 0.3) is 21.8 Å². The SMILES string of the molecule is CCCN(C(C)=O)c1cccc2c1c1ccccc1n2S(=O)(=O)c1ccc(C)cc1. The third kappa shape index (κ3) is 3.17. The van der Waals surface area contributed by atoms with Gasteiger partial charge < -0.3 is 4.90 Å². The van der Waals surface area contributed by atoms with Crippen molar-refractivity contribution >= 4 is 43.4 Å². The number of carbonyl (C=O) groups excluding carboxylic acids is 1. The van der Waals surface area contributed by atoms with Crippen molar-refractivity contribution in [1.82, 2.24) is 3.97 Å². The number of amides is 1. The summed E-state index contributed by atoms with van der Waals surface area (Å²) in [5.41, 5.74) is 2.89. The highest BCUT2D eigenvalue weighted by atomic mass is 32.2. The molecule has 0 fully saturated rings. The molecule has 0 saturated heterocycles. The summed E-state index contributed by atoms with van der Waals surface area (Å²) < 4.78 is 28.7. The lowest BCUT2D eigenvalue weighted by molar-refractivity contribution is -0.116. The molecule has 1 aromatic heterocycles. The minimum atomic E-state index is -3.83. The zero-order valence-electron chi connectivity index (χ0n) is 17.3. The Morgan fingerprint density at radius 1 is 0.933 bits per heavy atom. The predicted octanol–water partition coefficient (Wildman–Crippen LogP) is 5.10. The molecule has 0 radical (unpaired) electrons. The molecular weight excluding hydrogens is 396 g/mol. The van der Waals surface area contributed by atoms with Crippen LogP contribution in [-0.4, -0.2) is 24.8 Å². The lowest BCUT2D eigenvalue weighted by Crippen LogP contribution is -2.29. The number of nitrogens with zero attached hydrogens (tertiary/aromatic N) is 2. The molecule has 1 amide bonds. The predicted molar refractivity (Wildman–Crippen MR) is 122 cm³/mol. The minimum absolute atomic E-state index is 0.0671. The molecule has 0 atom stereocenters. The van der Waals surface area contributed by atoms with E-state index in [-0.39, 0.29) is 10.8 Å². The maximum absolute atomic E-state index is 13.7. The third-order valence-electron chi connectivity index (χ3n) is 5.31. The molecule has 1 heterocycles. The minimum Gasteiger partial charge on any atom is -0.312 e. The van der Waals surface area contributed by atoms with Crippen molar-refractivity contribution in [3.8, 4) is 0 Å². The van der Waals surface area contributed by atoms with Gasteiger partial charge in [-0.25, -0.2) is 12.4 Å². The van der Waals surface area contributed by atoms with E-state index >= 15 is 0 Å². The van der Waals surface area contributed by atoms with E-state index in [0.717, 1.165) is 28.4 Å². The van der Waals surface area contributed by atoms with Crippen molar-refractivity contribution in [2.45, 2.75) is 32.1 Å². The van der Waals surface area contributed by atoms with Crippen LogP contribution in [0, 0.1) is 6.92 Å². The second-order valence-electron chi connectivity index (χ2n) is 7.44. The number of para-hydroxylation sites is 1. The summed E-state index contributed by atoms with van der Waals surface area (Å²) in [7, 11) is -3.83. The highest BCUT2D eigenvalue weighted by molar-refractivity contribution is 7.90. The molecule has 0 N–H and O–H groups in total. The molecule has 30 heavy (non-hydrogen) atoms. The summed E-state index contributed by atoms with van der Waals surface area (Å²) in [4.78, 5) is 14.3. The van der Waals surface area contributed by atoms with Crippen molar-refractivity contribution in [3.63, 3.8) is 0 Å². The van der Waals surface area contributed by atoms with Crippen molar-refractivity contribution in [2.24, 2.45) is 0 Å². The van der Waals surface area contributed by atoms with Gasteiger partial charge in [0.2, 0.25) is 5.91 Å². The Hall–Kier alpha value is -3.12. The summed E-state index contributed by atoms with van der Waals surface area (Å²) in [5, 5.41) is 1.58. The lowest BCUT2D eigenvalue weighted by Gasteiger charge is -2.21. The number of anilines is 1. The Morgan fingerprint density at radius 2 is 1.60 bits per heavy atom. The maximum atomic E-state index is 13.7. The smallest absolute Gasteiger partial charge is 0.268 e. The van der Waals surface area contributed by atoms with E-state index in [1.165, 1.54) is 10.9 Å². The zero-order valence-corrected chi connectivity index (χ0v) is 18.1. The molecule has 0 bridgehead atoms. The molecule has 5 nitrogen and oxygen atoms in total. The fourth-order valence-corrected chi connectivity index (χ4v) is 5.46. The summed E-state index contributed by atoms with van der Waals surface area (Å²) in [6.07, 6.45) is 0.802. The fraction of sp³-hybridized carbons (Fsp3) is 0.208. The molecule has 0 saturated carbocycles. The quantitative estimate of drug-likeness (QED) is 0.451. The lowest BCUT2D eigenvalue weighted by atomic mass is 10.1. The van der Waals surface area contributed by atoms with Crippen LogP contribution >= 0.6 is 0 Å². The Kier molecular flexibility index (Phi) is 5.12. The Labute approximate surface area is 176 Å². The molecule has 6 heteroatoms. The number of aryl methyl sites for hydroxylation is 1. The van der Waals surface area contributed by atoms with E-state index in [0.29, 0.717) is 17.6 Å². The highest BCUT2D eigenvalue weighted by Gasteiger charge is 2.26. The standard InChI is InChI=1S/C24H24N2O3S/c1-4-16-25(18(3)27)22-10-7-11-23-24(22)20-8-5-6-9-21(20)26(23)30(28,29)19-14-12-17(2)13-15-19/h5-15H,4,16H2,1-3H3. The molecule has 4 aromatic rings. The van der Waals surface area contributed by atoms with Gasteiger partial charge in [-0.1, -0.05) is 48.9 Å². The molecule has 0 aliphatic rings. The van der Waals surface area contributed by atoms with Gasteiger partial charge in [0.25, 0.3) is 10.0 Å². The summed E-state index contributed by atoms with van der Waals surface area (Å²) in [6, 6.07) is 19.8. The number of hydrogen-bond donors (Lipinski definition) is 0. The molecule has 4 rings (SSSR count). The summed E-state index contributed by atoms with van der Waals surface area (Å²) >= 11 is 0. The second-order valence-corrected chi connectivity index (χ2v) is 9.23. The largest absolute Gasteiger partial charge is 0.312 e. The first-order valence-electron chi connectivity index (χ1n) is 9.98. The van der Waals surface area contributed by atoms with Crippen LogP contribution in [0.3, 0.4) is 0 Å². The van der Waals surface area contributed by atoms with Gasteiger partial charge in [-0.3, -0.25) is 4.79 Å². The van der Waals surface area contributed by atoms with Crippen LogP contribution < -0.4 is 4.90 Å². The average molecular weight is 421 g/mol. The number of benzene rings is 3. The van der Waals surface area contributed by atoms with Gasteiger partial charge in [-0.15, -0.1) is 0 Å². The number of aromatic nitrogens is 1. The van der Waals surface area contributed by atoms with Gasteiger partial charge in [-0.05, 0) is 43.7 Å². The van der Waals surface area contributed by atoms with Gasteiger partial charge in [0, 0.05) is 24.2 Å². The normalized spacial score (nSPS) is 11.8. The first-order chi connectivity index (χ1) is 14.4. The molecule has 0 aliphatic carbocycles. The monoisotopic (exact) mass is 420 g/mol. The highest BCUT2D eigenvalue weighted by Crippen LogP contribution is 2.38. The first kappa shape index (κ1) is 20.2. The average Bonchev–Trinajstić information content (AvgIpc) is 3.07. The first-order valence-corrected chi connectivity index (χ1v) is 11.4. The van der Waals surface area contributed by atoms with Crippen molar-refractivity contribution < 1.29 is 13.2 Å². The van der Waals surface area contributed by atoms with Crippen LogP contribution in [0.5, 0.6) is 0 Å². The maximum Gasteiger partial charge on any atom is 0.268 e. The van der Waals surface area contributed by atoms with E-state index in [4.69, 9.17) is 0 Å². The number of fused-ring (bicyclic) bond motifs is 3. The van der Waals surface area contributed by atoms with Gasteiger partial charge in [0.15, 0.2) is 0 Å². The van der Waals surface area contributed by atoms with Crippen LogP contribution in [0.15, 0.2) is 71.6 Å². The molecule has 154 valence electrons. The molecule has 3 aromatic carbocycles. The molecule has 0 unspecified atom stereocenters. The topological polar surface area (TPSA) is 59.4 Å². The molecule has 0 spiro atoms. The third-order valence-corrected chi connectivity index (χ3v) is 7.05. The van der Waals surface area contributed by atoms with Crippen molar-refractivity contribution in [1.29, 1.82) is 0 Å². The van der Waals surface area contributed by atoms with E-state index in [9.17, 15) is 13.2 Å². The van der Waals surface area contributed by atoms with Crippen molar-refractivity contribution in [3.05, 3.63) is 72.3 Å². The van der Waals surface area contributed by atoms with Crippen LogP contribution in [0.2, 0.25) is 0 Å². The van der Waals surface area contributed by atoms with E-state index < -0.39 is 10.0 Å². The van der Waals surface area contributed by atoms with E-state index in [2.05, 4.69) is 0 Å². The Balaban J connectivity index is 2.10. The summed E-state index contributed by atoms with van der Waals surface area (Å²) in [6.45, 7) is 6.05. The molecule has 0 aliphatic heterocycles. The Morgan fingerprint density at radius 3 is 2.27 bits per heavy atom. The number of hydrogen-bond acceptors (Lipinski definition) is 3. The van der Waals surface area contributed by atoms with Crippen molar-refractivity contribution in [2.75, 3.05) is 11.4 Å². The van der Waals surface area contributed by atoms with E-state index in [1.54, 1.807) is 35.2 Å². The zero-order chi connectivity index (χ0) is 21.5. The van der Waals surface area contributed by atoms with Gasteiger partial charge in [-0.2, -0.15) is 0 Å². The molecular formula is C24H24N2O3S. The van der Waals surface area contributed by atoms with Crippen LogP contribution in [0.1, 0.15) is 25.8 Å². The Bertz CT molecular complexity index is 1350. The van der Waals surface area contributed by atoms with Gasteiger partial charge in [0.1, 0.15) is 0 Å². The second kappa shape index (κ2) is 7.61. The summed E-state index contributed by atoms with van der Waals surface area (Å²) in [5.74, 6) is -0.0671. The van der Waals surface area contributed by atoms with E-state index in [1.807, 2.05) is 50.2 Å². The van der Waals surface area contributed by atoms with Crippen LogP contribution in [-0.2, 0) is 14.8 Å². The fourth-order valence-electron chi connectivity index (χ4n) is 3.94. The van der Waals surface area contributed by atoms with Gasteiger partial charge >= 0.3 is 0 Å². The van der Waals surface area contributed by atoms with Gasteiger partial charge in [0.05, 0.1) is 21.6 Å².